The molecular weight excluding hydrogens is 264 g/mol. The number of aryl methyl sites for hydroxylation is 1. The molecule has 0 saturated heterocycles. The van der Waals surface area contributed by atoms with Gasteiger partial charge in [0.15, 0.2) is 0 Å². The van der Waals surface area contributed by atoms with Crippen molar-refractivity contribution in [1.82, 2.24) is 4.98 Å². The fourth-order valence-electron chi connectivity index (χ4n) is 2.26. The normalized spacial score (nSPS) is 10.8. The zero-order valence-electron chi connectivity index (χ0n) is 11.3. The molecule has 0 fully saturated rings. The minimum absolute atomic E-state index is 0.737. The highest BCUT2D eigenvalue weighted by atomic mass is 32.2. The Bertz CT molecular complexity index is 753. The predicted molar refractivity (Wildman–Crippen MR) is 86.9 cm³/mol. The summed E-state index contributed by atoms with van der Waals surface area (Å²) in [6.07, 6.45) is 1.79. The van der Waals surface area contributed by atoms with Crippen molar-refractivity contribution in [2.24, 2.45) is 0 Å². The van der Waals surface area contributed by atoms with Crippen molar-refractivity contribution in [3.8, 4) is 0 Å². The summed E-state index contributed by atoms with van der Waals surface area (Å²) in [6.45, 7) is 2.12. The molecular formula is C17H16N2S. The van der Waals surface area contributed by atoms with E-state index in [-0.39, 0.29) is 0 Å². The fraction of sp³-hybridized carbons (Fsp3) is 0.118. The minimum atomic E-state index is 0.737. The van der Waals surface area contributed by atoms with Crippen molar-refractivity contribution in [3.05, 3.63) is 65.9 Å². The summed E-state index contributed by atoms with van der Waals surface area (Å²) in [5, 5.41) is 1.13. The molecule has 2 aromatic carbocycles. The first kappa shape index (κ1) is 13.0. The van der Waals surface area contributed by atoms with Crippen LogP contribution in [0.25, 0.3) is 10.9 Å². The summed E-state index contributed by atoms with van der Waals surface area (Å²) < 4.78 is 0. The summed E-state index contributed by atoms with van der Waals surface area (Å²) >= 11 is 1.82. The van der Waals surface area contributed by atoms with Crippen molar-refractivity contribution >= 4 is 28.4 Å². The van der Waals surface area contributed by atoms with Crippen LogP contribution < -0.4 is 5.73 Å². The van der Waals surface area contributed by atoms with Gasteiger partial charge in [-0.2, -0.15) is 0 Å². The number of benzene rings is 2. The van der Waals surface area contributed by atoms with Crippen LogP contribution in [0.1, 0.15) is 11.1 Å². The van der Waals surface area contributed by atoms with E-state index in [0.717, 1.165) is 22.3 Å². The number of thioether (sulfide) groups is 1. The van der Waals surface area contributed by atoms with E-state index in [2.05, 4.69) is 48.3 Å². The lowest BCUT2D eigenvalue weighted by Gasteiger charge is -2.08. The van der Waals surface area contributed by atoms with Gasteiger partial charge in [-0.1, -0.05) is 35.9 Å². The van der Waals surface area contributed by atoms with Crippen LogP contribution in [0.5, 0.6) is 0 Å². The lowest BCUT2D eigenvalue weighted by atomic mass is 10.2. The van der Waals surface area contributed by atoms with Crippen LogP contribution in [0.2, 0.25) is 0 Å². The molecule has 0 aliphatic carbocycles. The average Bonchev–Trinajstić information content (AvgIpc) is 2.47. The molecule has 100 valence electrons. The Morgan fingerprint density at radius 3 is 2.85 bits per heavy atom. The van der Waals surface area contributed by atoms with Gasteiger partial charge in [0.25, 0.3) is 0 Å². The maximum atomic E-state index is 5.98. The number of nitrogen functional groups attached to an aromatic ring is 1. The number of pyridine rings is 1. The van der Waals surface area contributed by atoms with E-state index in [1.807, 2.05) is 23.9 Å². The Morgan fingerprint density at radius 1 is 1.10 bits per heavy atom. The van der Waals surface area contributed by atoms with Gasteiger partial charge in [0.2, 0.25) is 0 Å². The molecule has 2 N–H and O–H groups in total. The molecule has 0 radical (unpaired) electrons. The third-order valence-electron chi connectivity index (χ3n) is 3.24. The van der Waals surface area contributed by atoms with Gasteiger partial charge in [-0.3, -0.25) is 4.98 Å². The van der Waals surface area contributed by atoms with Crippen LogP contribution in [0.15, 0.2) is 59.6 Å². The number of rotatable bonds is 3. The Hall–Kier alpha value is -2.00. The summed E-state index contributed by atoms with van der Waals surface area (Å²) in [4.78, 5) is 5.60. The Balaban J connectivity index is 1.90. The zero-order valence-corrected chi connectivity index (χ0v) is 12.2. The SMILES string of the molecule is Cc1cccc(CSc2ccc(N)c3ncccc23)c1. The topological polar surface area (TPSA) is 38.9 Å². The van der Waals surface area contributed by atoms with Gasteiger partial charge in [-0.05, 0) is 30.7 Å². The molecule has 0 bridgehead atoms. The van der Waals surface area contributed by atoms with Crippen LogP contribution in [0, 0.1) is 6.92 Å². The lowest BCUT2D eigenvalue weighted by molar-refractivity contribution is 1.34. The van der Waals surface area contributed by atoms with Gasteiger partial charge in [0.05, 0.1) is 11.2 Å². The van der Waals surface area contributed by atoms with Crippen LogP contribution in [0.4, 0.5) is 5.69 Å². The Labute approximate surface area is 123 Å². The molecule has 1 heterocycles. The molecule has 0 spiro atoms. The number of hydrogen-bond acceptors (Lipinski definition) is 3. The van der Waals surface area contributed by atoms with Crippen molar-refractivity contribution in [1.29, 1.82) is 0 Å². The van der Waals surface area contributed by atoms with Gasteiger partial charge in [0, 0.05) is 22.2 Å². The van der Waals surface area contributed by atoms with E-state index in [9.17, 15) is 0 Å². The summed E-state index contributed by atoms with van der Waals surface area (Å²) in [7, 11) is 0. The van der Waals surface area contributed by atoms with E-state index in [1.165, 1.54) is 16.0 Å². The van der Waals surface area contributed by atoms with Crippen molar-refractivity contribution in [2.75, 3.05) is 5.73 Å². The van der Waals surface area contributed by atoms with E-state index in [0.29, 0.717) is 0 Å². The fourth-order valence-corrected chi connectivity index (χ4v) is 3.24. The third-order valence-corrected chi connectivity index (χ3v) is 4.38. The zero-order chi connectivity index (χ0) is 13.9. The second-order valence-corrected chi connectivity index (χ2v) is 5.85. The first-order chi connectivity index (χ1) is 9.74. The highest BCUT2D eigenvalue weighted by Gasteiger charge is 2.05. The molecule has 1 aromatic heterocycles. The van der Waals surface area contributed by atoms with Crippen molar-refractivity contribution < 1.29 is 0 Å². The standard InChI is InChI=1S/C17H16N2S/c1-12-4-2-5-13(10-12)11-20-16-8-7-15(18)17-14(16)6-3-9-19-17/h2-10H,11,18H2,1H3. The molecule has 3 rings (SSSR count). The van der Waals surface area contributed by atoms with Crippen molar-refractivity contribution in [3.63, 3.8) is 0 Å². The highest BCUT2D eigenvalue weighted by Crippen LogP contribution is 2.32. The first-order valence-electron chi connectivity index (χ1n) is 6.55. The van der Waals surface area contributed by atoms with Gasteiger partial charge in [0.1, 0.15) is 0 Å². The monoisotopic (exact) mass is 280 g/mol. The smallest absolute Gasteiger partial charge is 0.0942 e. The summed E-state index contributed by atoms with van der Waals surface area (Å²) in [5.74, 6) is 0.954. The molecule has 0 amide bonds. The van der Waals surface area contributed by atoms with Gasteiger partial charge in [-0.25, -0.2) is 0 Å². The Kier molecular flexibility index (Phi) is 3.61. The number of aromatic nitrogens is 1. The first-order valence-corrected chi connectivity index (χ1v) is 7.54. The molecule has 0 aliphatic heterocycles. The average molecular weight is 280 g/mol. The number of nitrogens with zero attached hydrogens (tertiary/aromatic N) is 1. The van der Waals surface area contributed by atoms with Crippen molar-refractivity contribution in [2.45, 2.75) is 17.6 Å². The van der Waals surface area contributed by atoms with Gasteiger partial charge < -0.3 is 5.73 Å². The van der Waals surface area contributed by atoms with Gasteiger partial charge in [-0.15, -0.1) is 11.8 Å². The van der Waals surface area contributed by atoms with Gasteiger partial charge >= 0.3 is 0 Å². The van der Waals surface area contributed by atoms with Crippen LogP contribution >= 0.6 is 11.8 Å². The second kappa shape index (κ2) is 5.55. The second-order valence-electron chi connectivity index (χ2n) is 4.83. The Morgan fingerprint density at radius 2 is 2.00 bits per heavy atom. The quantitative estimate of drug-likeness (QED) is 0.570. The number of anilines is 1. The van der Waals surface area contributed by atoms with Crippen LogP contribution in [-0.4, -0.2) is 4.98 Å². The van der Waals surface area contributed by atoms with E-state index in [4.69, 9.17) is 5.73 Å². The summed E-state index contributed by atoms with van der Waals surface area (Å²) in [5.41, 5.74) is 10.2. The molecule has 0 saturated carbocycles. The molecule has 20 heavy (non-hydrogen) atoms. The summed E-state index contributed by atoms with van der Waals surface area (Å²) in [6, 6.07) is 16.7. The van der Waals surface area contributed by atoms with E-state index in [1.54, 1.807) is 6.20 Å². The van der Waals surface area contributed by atoms with E-state index < -0.39 is 0 Å². The molecule has 0 aliphatic rings. The number of fused-ring (bicyclic) bond motifs is 1. The van der Waals surface area contributed by atoms with Crippen LogP contribution in [0.3, 0.4) is 0 Å². The highest BCUT2D eigenvalue weighted by molar-refractivity contribution is 7.98. The molecule has 2 nitrogen and oxygen atoms in total. The molecule has 3 aromatic rings. The van der Waals surface area contributed by atoms with E-state index >= 15 is 0 Å². The predicted octanol–water partition coefficient (Wildman–Crippen LogP) is 4.42. The minimum Gasteiger partial charge on any atom is -0.397 e. The maximum Gasteiger partial charge on any atom is 0.0942 e. The number of nitrogens with two attached hydrogens (primary N) is 1. The molecule has 0 atom stereocenters. The number of hydrogen-bond donors (Lipinski definition) is 1. The third kappa shape index (κ3) is 2.63. The molecule has 3 heteroatoms. The van der Waals surface area contributed by atoms with Crippen LogP contribution in [-0.2, 0) is 5.75 Å². The lowest BCUT2D eigenvalue weighted by Crippen LogP contribution is -1.91. The molecule has 0 unspecified atom stereocenters. The largest absolute Gasteiger partial charge is 0.397 e. The maximum absolute atomic E-state index is 5.98.